The van der Waals surface area contributed by atoms with Crippen LogP contribution in [0.25, 0.3) is 0 Å². The van der Waals surface area contributed by atoms with Crippen LogP contribution in [0.15, 0.2) is 24.3 Å². The van der Waals surface area contributed by atoms with Crippen molar-refractivity contribution in [2.45, 2.75) is 13.0 Å². The van der Waals surface area contributed by atoms with E-state index in [9.17, 15) is 0 Å². The molecule has 5 nitrogen and oxygen atoms in total. The minimum Gasteiger partial charge on any atom is -0.492 e. The topological polar surface area (TPSA) is 56.2 Å². The molecule has 21 heavy (non-hydrogen) atoms. The summed E-state index contributed by atoms with van der Waals surface area (Å²) >= 11 is 0. The van der Waals surface area contributed by atoms with Crippen LogP contribution in [0.2, 0.25) is 0 Å². The Morgan fingerprint density at radius 2 is 2.10 bits per heavy atom. The lowest BCUT2D eigenvalue weighted by Gasteiger charge is -2.22. The Morgan fingerprint density at radius 3 is 2.71 bits per heavy atom. The van der Waals surface area contributed by atoms with Crippen molar-refractivity contribution in [3.05, 3.63) is 24.3 Å². The van der Waals surface area contributed by atoms with Gasteiger partial charge in [-0.15, -0.1) is 0 Å². The fourth-order valence-corrected chi connectivity index (χ4v) is 2.96. The monoisotopic (exact) mass is 292 g/mol. The first-order chi connectivity index (χ1) is 9.97. The second-order valence-electron chi connectivity index (χ2n) is 6.06. The molecule has 0 aromatic heterocycles. The lowest BCUT2D eigenvalue weighted by molar-refractivity contribution is 0.220. The number of benzene rings is 1. The van der Waals surface area contributed by atoms with Crippen molar-refractivity contribution in [2.24, 2.45) is 5.92 Å². The quantitative estimate of drug-likeness (QED) is 0.701. The van der Waals surface area contributed by atoms with E-state index >= 15 is 0 Å². The summed E-state index contributed by atoms with van der Waals surface area (Å²) in [5, 5.41) is 18.3. The molecule has 2 unspecified atom stereocenters. The third kappa shape index (κ3) is 4.44. The number of rotatable bonds is 6. The van der Waals surface area contributed by atoms with Gasteiger partial charge in [-0.25, -0.2) is 0 Å². The molecule has 1 aliphatic rings. The van der Waals surface area contributed by atoms with Gasteiger partial charge in [-0.1, -0.05) is 19.1 Å². The molecule has 1 aromatic rings. The van der Waals surface area contributed by atoms with Crippen LogP contribution in [0.1, 0.15) is 6.92 Å². The molecule has 1 aliphatic heterocycles. The van der Waals surface area contributed by atoms with Crippen LogP contribution in [0.5, 0.6) is 5.75 Å². The van der Waals surface area contributed by atoms with Crippen molar-refractivity contribution in [3.63, 3.8) is 0 Å². The normalized spacial score (nSPS) is 22.8. The van der Waals surface area contributed by atoms with E-state index in [4.69, 9.17) is 14.8 Å². The number of likely N-dealkylation sites (tertiary alicyclic amines) is 1. The van der Waals surface area contributed by atoms with E-state index in [0.717, 1.165) is 19.6 Å². The summed E-state index contributed by atoms with van der Waals surface area (Å²) in [6.45, 7) is 5.96. The highest BCUT2D eigenvalue weighted by atomic mass is 16.5. The first-order valence-electron chi connectivity index (χ1n) is 7.45. The van der Waals surface area contributed by atoms with Crippen LogP contribution in [-0.2, 0) is 0 Å². The van der Waals surface area contributed by atoms with Crippen molar-refractivity contribution in [2.75, 3.05) is 40.3 Å². The minimum absolute atomic E-state index is 0.454. The molecule has 1 saturated heterocycles. The number of likely N-dealkylation sites (N-methyl/N-ethyl adjacent to an activating group) is 1. The predicted molar refractivity (Wildman–Crippen MR) is 84.8 cm³/mol. The van der Waals surface area contributed by atoms with Crippen molar-refractivity contribution in [1.29, 1.82) is 0 Å². The minimum atomic E-state index is -1.45. The van der Waals surface area contributed by atoms with Crippen LogP contribution in [0.4, 0.5) is 0 Å². The highest BCUT2D eigenvalue weighted by Gasteiger charge is 2.30. The Balaban J connectivity index is 1.79. The first-order valence-corrected chi connectivity index (χ1v) is 7.45. The molecule has 6 heteroatoms. The van der Waals surface area contributed by atoms with E-state index < -0.39 is 7.12 Å². The third-order valence-electron chi connectivity index (χ3n) is 4.14. The molecule has 1 fully saturated rings. The molecular formula is C15H25BN2O3. The second kappa shape index (κ2) is 7.27. The molecule has 0 radical (unpaired) electrons. The van der Waals surface area contributed by atoms with Crippen LogP contribution >= 0.6 is 0 Å². The Morgan fingerprint density at radius 1 is 1.33 bits per heavy atom. The maximum absolute atomic E-state index is 9.14. The molecule has 1 aromatic carbocycles. The van der Waals surface area contributed by atoms with Gasteiger partial charge < -0.3 is 19.7 Å². The average molecular weight is 292 g/mol. The Kier molecular flexibility index (Phi) is 5.64. The maximum atomic E-state index is 9.14. The van der Waals surface area contributed by atoms with Crippen LogP contribution in [0, 0.1) is 5.92 Å². The Labute approximate surface area is 127 Å². The molecule has 2 N–H and O–H groups in total. The zero-order valence-corrected chi connectivity index (χ0v) is 13.1. The van der Waals surface area contributed by atoms with Gasteiger partial charge in [-0.05, 0) is 37.6 Å². The zero-order chi connectivity index (χ0) is 15.4. The fourth-order valence-electron chi connectivity index (χ4n) is 2.96. The molecule has 0 amide bonds. The number of ether oxygens (including phenoxy) is 1. The molecule has 1 heterocycles. The maximum Gasteiger partial charge on any atom is 0.488 e. The molecule has 0 aliphatic carbocycles. The van der Waals surface area contributed by atoms with E-state index in [1.54, 1.807) is 18.2 Å². The fraction of sp³-hybridized carbons (Fsp3) is 0.600. The van der Waals surface area contributed by atoms with Gasteiger partial charge in [0, 0.05) is 25.7 Å². The molecule has 0 bridgehead atoms. The lowest BCUT2D eigenvalue weighted by atomic mass is 9.80. The average Bonchev–Trinajstić information content (AvgIpc) is 2.80. The van der Waals surface area contributed by atoms with Gasteiger partial charge in [-0.3, -0.25) is 4.90 Å². The summed E-state index contributed by atoms with van der Waals surface area (Å²) in [4.78, 5) is 4.71. The SMILES string of the molecule is CC1CN(CCOc2cccc(B(O)O)c2)CC1N(C)C. The summed E-state index contributed by atoms with van der Waals surface area (Å²) < 4.78 is 5.71. The number of hydrogen-bond donors (Lipinski definition) is 2. The largest absolute Gasteiger partial charge is 0.492 e. The van der Waals surface area contributed by atoms with E-state index in [1.165, 1.54) is 0 Å². The first kappa shape index (κ1) is 16.3. The molecule has 2 rings (SSSR count). The summed E-state index contributed by atoms with van der Waals surface area (Å²) in [6, 6.07) is 7.55. The van der Waals surface area contributed by atoms with Gasteiger partial charge in [-0.2, -0.15) is 0 Å². The third-order valence-corrected chi connectivity index (χ3v) is 4.14. The molecule has 0 saturated carbocycles. The van der Waals surface area contributed by atoms with Gasteiger partial charge >= 0.3 is 7.12 Å². The van der Waals surface area contributed by atoms with Gasteiger partial charge in [0.05, 0.1) is 0 Å². The van der Waals surface area contributed by atoms with Crippen LogP contribution < -0.4 is 10.2 Å². The van der Waals surface area contributed by atoms with E-state index in [-0.39, 0.29) is 0 Å². The van der Waals surface area contributed by atoms with Gasteiger partial charge in [0.2, 0.25) is 0 Å². The van der Waals surface area contributed by atoms with Crippen LogP contribution in [0.3, 0.4) is 0 Å². The highest BCUT2D eigenvalue weighted by Crippen LogP contribution is 2.19. The number of hydrogen-bond acceptors (Lipinski definition) is 5. The Bertz CT molecular complexity index is 456. The van der Waals surface area contributed by atoms with Crippen LogP contribution in [-0.4, -0.2) is 73.3 Å². The summed E-state index contributed by atoms with van der Waals surface area (Å²) in [5.41, 5.74) is 0.454. The summed E-state index contributed by atoms with van der Waals surface area (Å²) in [6.07, 6.45) is 0. The van der Waals surface area contributed by atoms with E-state index in [1.807, 2.05) is 6.07 Å². The van der Waals surface area contributed by atoms with Gasteiger partial charge in [0.15, 0.2) is 0 Å². The lowest BCUT2D eigenvalue weighted by Crippen LogP contribution is -2.35. The highest BCUT2D eigenvalue weighted by molar-refractivity contribution is 6.58. The molecule has 0 spiro atoms. The van der Waals surface area contributed by atoms with Crippen molar-refractivity contribution < 1.29 is 14.8 Å². The second-order valence-corrected chi connectivity index (χ2v) is 6.06. The Hall–Kier alpha value is -1.08. The van der Waals surface area contributed by atoms with Crippen molar-refractivity contribution >= 4 is 12.6 Å². The van der Waals surface area contributed by atoms with Gasteiger partial charge in [0.1, 0.15) is 12.4 Å². The number of nitrogens with zero attached hydrogens (tertiary/aromatic N) is 2. The molecule has 2 atom stereocenters. The smallest absolute Gasteiger partial charge is 0.488 e. The van der Waals surface area contributed by atoms with Gasteiger partial charge in [0.25, 0.3) is 0 Å². The van der Waals surface area contributed by atoms with E-state index in [0.29, 0.717) is 29.8 Å². The molecular weight excluding hydrogens is 267 g/mol. The standard InChI is InChI=1S/C15H25BN2O3/c1-12-10-18(11-15(12)17(2)3)7-8-21-14-6-4-5-13(9-14)16(19)20/h4-6,9,12,15,19-20H,7-8,10-11H2,1-3H3. The summed E-state index contributed by atoms with van der Waals surface area (Å²) in [7, 11) is 2.81. The van der Waals surface area contributed by atoms with E-state index in [2.05, 4.69) is 30.8 Å². The predicted octanol–water partition coefficient (Wildman–Crippen LogP) is -0.373. The zero-order valence-electron chi connectivity index (χ0n) is 13.1. The molecule has 116 valence electrons. The van der Waals surface area contributed by atoms with Crippen molar-refractivity contribution in [3.8, 4) is 5.75 Å². The summed E-state index contributed by atoms with van der Waals surface area (Å²) in [5.74, 6) is 1.35. The van der Waals surface area contributed by atoms with Crippen molar-refractivity contribution in [1.82, 2.24) is 9.80 Å².